The number of amides is 1. The zero-order chi connectivity index (χ0) is 13.8. The molecule has 0 fully saturated rings. The lowest BCUT2D eigenvalue weighted by atomic mass is 10.2. The number of aromatic amines is 1. The maximum absolute atomic E-state index is 12.1. The molecule has 94 valence electrons. The molecule has 0 bridgehead atoms. The van der Waals surface area contributed by atoms with E-state index in [2.05, 4.69) is 10.2 Å². The molecule has 1 aromatic heterocycles. The topological polar surface area (TPSA) is 89.8 Å². The van der Waals surface area contributed by atoms with Gasteiger partial charge >= 0.3 is 0 Å². The molecule has 0 radical (unpaired) electrons. The highest BCUT2D eigenvalue weighted by Crippen LogP contribution is 2.15. The fraction of sp³-hybridized carbons (Fsp3) is 0.0769. The molecule has 0 aliphatic rings. The first-order chi connectivity index (χ1) is 9.11. The third-order valence-corrected chi connectivity index (χ3v) is 2.59. The predicted octanol–water partition coefficient (Wildman–Crippen LogP) is 0.918. The van der Waals surface area contributed by atoms with Crippen LogP contribution in [0.5, 0.6) is 0 Å². The standard InChI is InChI=1S/C13H10N4O2/c1-17(10-4-2-9(8-14)3-5-10)13(19)11-6-7-12(18)16-15-11/h2-7H,1H3,(H,16,18). The van der Waals surface area contributed by atoms with Crippen molar-refractivity contribution in [1.29, 1.82) is 5.26 Å². The summed E-state index contributed by atoms with van der Waals surface area (Å²) in [6, 6.07) is 11.2. The molecule has 6 heteroatoms. The second kappa shape index (κ2) is 5.14. The summed E-state index contributed by atoms with van der Waals surface area (Å²) in [5, 5.41) is 14.6. The van der Waals surface area contributed by atoms with Gasteiger partial charge in [0.2, 0.25) is 0 Å². The molecule has 1 N–H and O–H groups in total. The van der Waals surface area contributed by atoms with Crippen molar-refractivity contribution in [1.82, 2.24) is 10.2 Å². The van der Waals surface area contributed by atoms with Gasteiger partial charge in [0, 0.05) is 18.8 Å². The number of nitriles is 1. The van der Waals surface area contributed by atoms with E-state index in [1.54, 1.807) is 31.3 Å². The molecule has 1 amide bonds. The largest absolute Gasteiger partial charge is 0.310 e. The molecule has 2 rings (SSSR count). The van der Waals surface area contributed by atoms with E-state index in [-0.39, 0.29) is 17.2 Å². The number of carbonyl (C=O) groups excluding carboxylic acids is 1. The van der Waals surface area contributed by atoms with Gasteiger partial charge in [-0.15, -0.1) is 0 Å². The number of nitrogens with zero attached hydrogens (tertiary/aromatic N) is 3. The zero-order valence-corrected chi connectivity index (χ0v) is 10.1. The number of aromatic nitrogens is 2. The highest BCUT2D eigenvalue weighted by Gasteiger charge is 2.14. The quantitative estimate of drug-likeness (QED) is 0.862. The van der Waals surface area contributed by atoms with E-state index in [9.17, 15) is 9.59 Å². The minimum Gasteiger partial charge on any atom is -0.310 e. The predicted molar refractivity (Wildman–Crippen MR) is 68.7 cm³/mol. The van der Waals surface area contributed by atoms with Crippen molar-refractivity contribution in [3.8, 4) is 6.07 Å². The number of anilines is 1. The Morgan fingerprint density at radius 1 is 1.26 bits per heavy atom. The molecule has 0 saturated carbocycles. The summed E-state index contributed by atoms with van der Waals surface area (Å²) < 4.78 is 0. The van der Waals surface area contributed by atoms with Gasteiger partial charge in [0.1, 0.15) is 5.69 Å². The normalized spacial score (nSPS) is 9.68. The Hall–Kier alpha value is -2.94. The van der Waals surface area contributed by atoms with Crippen LogP contribution in [-0.4, -0.2) is 23.2 Å². The summed E-state index contributed by atoms with van der Waals surface area (Å²) in [6.45, 7) is 0. The van der Waals surface area contributed by atoms with E-state index in [4.69, 9.17) is 5.26 Å². The van der Waals surface area contributed by atoms with Gasteiger partial charge in [-0.2, -0.15) is 10.4 Å². The molecule has 19 heavy (non-hydrogen) atoms. The molecular formula is C13H10N4O2. The molecule has 0 aliphatic carbocycles. The van der Waals surface area contributed by atoms with Crippen LogP contribution < -0.4 is 10.5 Å². The number of H-pyrrole nitrogens is 1. The maximum Gasteiger partial charge on any atom is 0.278 e. The fourth-order valence-electron chi connectivity index (χ4n) is 1.51. The van der Waals surface area contributed by atoms with Crippen LogP contribution in [0, 0.1) is 11.3 Å². The van der Waals surface area contributed by atoms with Gasteiger partial charge in [0.25, 0.3) is 11.5 Å². The van der Waals surface area contributed by atoms with E-state index in [0.717, 1.165) is 0 Å². The zero-order valence-electron chi connectivity index (χ0n) is 10.1. The first kappa shape index (κ1) is 12.5. The highest BCUT2D eigenvalue weighted by atomic mass is 16.2. The molecular weight excluding hydrogens is 244 g/mol. The van der Waals surface area contributed by atoms with Crippen LogP contribution in [0.3, 0.4) is 0 Å². The van der Waals surface area contributed by atoms with Crippen LogP contribution in [0.4, 0.5) is 5.69 Å². The monoisotopic (exact) mass is 254 g/mol. The SMILES string of the molecule is CN(C(=O)c1ccc(=O)[nH]n1)c1ccc(C#N)cc1. The Balaban J connectivity index is 2.25. The van der Waals surface area contributed by atoms with Crippen LogP contribution in [-0.2, 0) is 0 Å². The summed E-state index contributed by atoms with van der Waals surface area (Å²) in [4.78, 5) is 24.4. The summed E-state index contributed by atoms with van der Waals surface area (Å²) in [6.07, 6.45) is 0. The van der Waals surface area contributed by atoms with E-state index < -0.39 is 0 Å². The Bertz CT molecular complexity index is 677. The summed E-state index contributed by atoms with van der Waals surface area (Å²) >= 11 is 0. The van der Waals surface area contributed by atoms with Crippen LogP contribution in [0.1, 0.15) is 16.1 Å². The molecule has 0 aliphatic heterocycles. The van der Waals surface area contributed by atoms with Crippen molar-refractivity contribution in [2.75, 3.05) is 11.9 Å². The molecule has 6 nitrogen and oxygen atoms in total. The first-order valence-corrected chi connectivity index (χ1v) is 5.46. The molecule has 2 aromatic rings. The van der Waals surface area contributed by atoms with E-state index in [0.29, 0.717) is 11.3 Å². The Labute approximate surface area is 108 Å². The molecule has 0 spiro atoms. The van der Waals surface area contributed by atoms with E-state index >= 15 is 0 Å². The van der Waals surface area contributed by atoms with Crippen LogP contribution in [0.2, 0.25) is 0 Å². The van der Waals surface area contributed by atoms with Crippen LogP contribution >= 0.6 is 0 Å². The van der Waals surface area contributed by atoms with Gasteiger partial charge in [-0.1, -0.05) is 0 Å². The average molecular weight is 254 g/mol. The average Bonchev–Trinajstić information content (AvgIpc) is 2.46. The number of benzene rings is 1. The second-order valence-corrected chi connectivity index (χ2v) is 3.83. The van der Waals surface area contributed by atoms with Gasteiger partial charge in [-0.05, 0) is 30.3 Å². The van der Waals surface area contributed by atoms with Crippen molar-refractivity contribution >= 4 is 11.6 Å². The van der Waals surface area contributed by atoms with Gasteiger partial charge < -0.3 is 4.90 Å². The number of hydrogen-bond donors (Lipinski definition) is 1. The molecule has 0 atom stereocenters. The minimum atomic E-state index is -0.363. The molecule has 1 aromatic carbocycles. The number of rotatable bonds is 2. The highest BCUT2D eigenvalue weighted by molar-refractivity contribution is 6.04. The summed E-state index contributed by atoms with van der Waals surface area (Å²) in [5.74, 6) is -0.346. The maximum atomic E-state index is 12.1. The lowest BCUT2D eigenvalue weighted by Crippen LogP contribution is -2.28. The van der Waals surface area contributed by atoms with Crippen molar-refractivity contribution in [2.45, 2.75) is 0 Å². The number of nitrogens with one attached hydrogen (secondary N) is 1. The summed E-state index contributed by atoms with van der Waals surface area (Å²) in [5.41, 5.74) is 0.938. The molecule has 0 unspecified atom stereocenters. The third-order valence-electron chi connectivity index (χ3n) is 2.59. The van der Waals surface area contributed by atoms with Crippen molar-refractivity contribution in [2.24, 2.45) is 0 Å². The van der Waals surface area contributed by atoms with Gasteiger partial charge in [0.15, 0.2) is 0 Å². The van der Waals surface area contributed by atoms with Gasteiger partial charge in [-0.25, -0.2) is 5.10 Å². The smallest absolute Gasteiger partial charge is 0.278 e. The summed E-state index contributed by atoms with van der Waals surface area (Å²) in [7, 11) is 1.59. The Morgan fingerprint density at radius 2 is 1.95 bits per heavy atom. The van der Waals surface area contributed by atoms with Gasteiger partial charge in [0.05, 0.1) is 11.6 Å². The van der Waals surface area contributed by atoms with E-state index in [1.807, 2.05) is 6.07 Å². The first-order valence-electron chi connectivity index (χ1n) is 5.46. The number of hydrogen-bond acceptors (Lipinski definition) is 4. The van der Waals surface area contributed by atoms with Crippen molar-refractivity contribution < 1.29 is 4.79 Å². The minimum absolute atomic E-state index is 0.145. The third kappa shape index (κ3) is 2.66. The number of carbonyl (C=O) groups is 1. The van der Waals surface area contributed by atoms with Gasteiger partial charge in [-0.3, -0.25) is 9.59 Å². The second-order valence-electron chi connectivity index (χ2n) is 3.83. The molecule has 0 saturated heterocycles. The lowest BCUT2D eigenvalue weighted by molar-refractivity contribution is 0.0987. The van der Waals surface area contributed by atoms with Crippen molar-refractivity contribution in [3.63, 3.8) is 0 Å². The van der Waals surface area contributed by atoms with Crippen molar-refractivity contribution in [3.05, 3.63) is 58.0 Å². The van der Waals surface area contributed by atoms with Crippen LogP contribution in [0.15, 0.2) is 41.2 Å². The fourth-order valence-corrected chi connectivity index (χ4v) is 1.51. The Kier molecular flexibility index (Phi) is 3.39. The van der Waals surface area contributed by atoms with Crippen LogP contribution in [0.25, 0.3) is 0 Å². The lowest BCUT2D eigenvalue weighted by Gasteiger charge is -2.16. The molecule has 1 heterocycles. The Morgan fingerprint density at radius 3 is 2.47 bits per heavy atom. The van der Waals surface area contributed by atoms with E-state index in [1.165, 1.54) is 17.0 Å².